The minimum absolute atomic E-state index is 0.0000935. The van der Waals surface area contributed by atoms with E-state index in [1.807, 2.05) is 19.1 Å². The van der Waals surface area contributed by atoms with Crippen LogP contribution in [0, 0.1) is 22.7 Å². The van der Waals surface area contributed by atoms with Crippen molar-refractivity contribution in [1.82, 2.24) is 0 Å². The molecule has 2 aliphatic carbocycles. The lowest BCUT2D eigenvalue weighted by atomic mass is 9.52. The summed E-state index contributed by atoms with van der Waals surface area (Å²) in [5, 5.41) is 11.3. The van der Waals surface area contributed by atoms with Gasteiger partial charge in [0.1, 0.15) is 6.10 Å². The lowest BCUT2D eigenvalue weighted by Gasteiger charge is -2.53. The number of fused-ring (bicyclic) bond motifs is 5. The third kappa shape index (κ3) is 1.66. The van der Waals surface area contributed by atoms with Crippen molar-refractivity contribution in [2.75, 3.05) is 6.61 Å². The molecule has 1 aromatic rings. The number of aliphatic hydroxyl groups is 1. The van der Waals surface area contributed by atoms with Crippen LogP contribution >= 0.6 is 0 Å². The molecule has 0 aromatic carbocycles. The monoisotopic (exact) mass is 358 g/mol. The zero-order valence-corrected chi connectivity index (χ0v) is 14.9. The van der Waals surface area contributed by atoms with Gasteiger partial charge in [0.05, 0.1) is 19.1 Å². The first-order valence-corrected chi connectivity index (χ1v) is 9.14. The molecular formula is C20H22O6. The van der Waals surface area contributed by atoms with Crippen LogP contribution in [0.15, 0.2) is 34.7 Å². The quantitative estimate of drug-likeness (QED) is 0.777. The number of furan rings is 1. The van der Waals surface area contributed by atoms with Gasteiger partial charge in [0.25, 0.3) is 0 Å². The first-order valence-electron chi connectivity index (χ1n) is 9.14. The predicted molar refractivity (Wildman–Crippen MR) is 88.6 cm³/mol. The van der Waals surface area contributed by atoms with Gasteiger partial charge in [-0.3, -0.25) is 0 Å². The van der Waals surface area contributed by atoms with E-state index < -0.39 is 22.4 Å². The SMILES string of the molecule is CC12CC(c3ccoc3)OC(=O)C1=CCC1(C)C2CC2COC(=O)C21O. The van der Waals surface area contributed by atoms with Crippen molar-refractivity contribution in [2.24, 2.45) is 22.7 Å². The highest BCUT2D eigenvalue weighted by Gasteiger charge is 2.74. The second-order valence-corrected chi connectivity index (χ2v) is 8.66. The van der Waals surface area contributed by atoms with Crippen molar-refractivity contribution < 1.29 is 28.6 Å². The van der Waals surface area contributed by atoms with Gasteiger partial charge in [0.15, 0.2) is 5.60 Å². The Morgan fingerprint density at radius 2 is 2.08 bits per heavy atom. The van der Waals surface area contributed by atoms with Crippen molar-refractivity contribution >= 4 is 11.9 Å². The van der Waals surface area contributed by atoms with E-state index in [2.05, 4.69) is 6.92 Å². The lowest BCUT2D eigenvalue weighted by Crippen LogP contribution is -2.57. The highest BCUT2D eigenvalue weighted by atomic mass is 16.6. The zero-order chi connectivity index (χ0) is 18.3. The van der Waals surface area contributed by atoms with E-state index >= 15 is 0 Å². The van der Waals surface area contributed by atoms with Crippen molar-refractivity contribution in [3.8, 4) is 0 Å². The molecule has 1 N–H and O–H groups in total. The molecule has 4 aliphatic rings. The molecule has 3 heterocycles. The number of hydrogen-bond acceptors (Lipinski definition) is 6. The smallest absolute Gasteiger partial charge is 0.339 e. The van der Waals surface area contributed by atoms with E-state index in [1.165, 1.54) is 0 Å². The van der Waals surface area contributed by atoms with Crippen molar-refractivity contribution in [3.05, 3.63) is 35.8 Å². The summed E-state index contributed by atoms with van der Waals surface area (Å²) in [6.45, 7) is 4.29. The van der Waals surface area contributed by atoms with Crippen molar-refractivity contribution in [1.29, 1.82) is 0 Å². The Kier molecular flexibility index (Phi) is 2.97. The van der Waals surface area contributed by atoms with Crippen LogP contribution in [0.4, 0.5) is 0 Å². The molecule has 6 atom stereocenters. The molecule has 6 heteroatoms. The van der Waals surface area contributed by atoms with E-state index in [1.54, 1.807) is 12.5 Å². The second kappa shape index (κ2) is 4.80. The van der Waals surface area contributed by atoms with Gasteiger partial charge in [-0.2, -0.15) is 0 Å². The second-order valence-electron chi connectivity index (χ2n) is 8.66. The molecule has 26 heavy (non-hydrogen) atoms. The zero-order valence-electron chi connectivity index (χ0n) is 14.9. The Morgan fingerprint density at radius 1 is 1.27 bits per heavy atom. The highest BCUT2D eigenvalue weighted by molar-refractivity contribution is 5.92. The topological polar surface area (TPSA) is 86.0 Å². The molecule has 3 fully saturated rings. The van der Waals surface area contributed by atoms with Gasteiger partial charge >= 0.3 is 11.9 Å². The van der Waals surface area contributed by atoms with Gasteiger partial charge in [0.2, 0.25) is 0 Å². The van der Waals surface area contributed by atoms with Crippen LogP contribution in [0.25, 0.3) is 0 Å². The van der Waals surface area contributed by atoms with Crippen LogP contribution in [-0.4, -0.2) is 29.3 Å². The van der Waals surface area contributed by atoms with E-state index in [-0.39, 0.29) is 30.5 Å². The molecule has 0 radical (unpaired) electrons. The minimum atomic E-state index is -1.48. The number of cyclic esters (lactones) is 2. The molecule has 2 aliphatic heterocycles. The van der Waals surface area contributed by atoms with E-state index in [9.17, 15) is 14.7 Å². The fraction of sp³-hybridized carbons (Fsp3) is 0.600. The van der Waals surface area contributed by atoms with Gasteiger partial charge in [-0.15, -0.1) is 0 Å². The van der Waals surface area contributed by atoms with Crippen LogP contribution < -0.4 is 0 Å². The number of carbonyl (C=O) groups excluding carboxylic acids is 2. The molecule has 1 aromatic heterocycles. The minimum Gasteiger partial charge on any atom is -0.472 e. The fourth-order valence-corrected chi connectivity index (χ4v) is 6.15. The molecule has 6 nitrogen and oxygen atoms in total. The Balaban J connectivity index is 1.60. The number of carbonyl (C=O) groups is 2. The summed E-state index contributed by atoms with van der Waals surface area (Å²) >= 11 is 0. The predicted octanol–water partition coefficient (Wildman–Crippen LogP) is 2.53. The van der Waals surface area contributed by atoms with Crippen molar-refractivity contribution in [2.45, 2.75) is 44.8 Å². The summed E-state index contributed by atoms with van der Waals surface area (Å²) in [7, 11) is 0. The maximum absolute atomic E-state index is 12.7. The third-order valence-corrected chi connectivity index (χ3v) is 7.59. The average molecular weight is 358 g/mol. The maximum atomic E-state index is 12.7. The van der Waals surface area contributed by atoms with Crippen LogP contribution in [0.3, 0.4) is 0 Å². The Hall–Kier alpha value is -2.08. The van der Waals surface area contributed by atoms with E-state index in [0.29, 0.717) is 24.8 Å². The number of ether oxygens (including phenoxy) is 2. The van der Waals surface area contributed by atoms with Crippen LogP contribution in [0.5, 0.6) is 0 Å². The highest BCUT2D eigenvalue weighted by Crippen LogP contribution is 2.69. The summed E-state index contributed by atoms with van der Waals surface area (Å²) < 4.78 is 16.0. The lowest BCUT2D eigenvalue weighted by molar-refractivity contribution is -0.174. The summed E-state index contributed by atoms with van der Waals surface area (Å²) in [4.78, 5) is 25.2. The third-order valence-electron chi connectivity index (χ3n) is 7.59. The van der Waals surface area contributed by atoms with Gasteiger partial charge in [-0.1, -0.05) is 19.9 Å². The van der Waals surface area contributed by atoms with E-state index in [4.69, 9.17) is 13.9 Å². The largest absolute Gasteiger partial charge is 0.472 e. The van der Waals surface area contributed by atoms with Crippen molar-refractivity contribution in [3.63, 3.8) is 0 Å². The molecule has 2 saturated heterocycles. The number of rotatable bonds is 1. The summed E-state index contributed by atoms with van der Waals surface area (Å²) in [6, 6.07) is 1.81. The van der Waals surface area contributed by atoms with Crippen LogP contribution in [0.2, 0.25) is 0 Å². The Labute approximate surface area is 151 Å². The van der Waals surface area contributed by atoms with Gasteiger partial charge in [-0.05, 0) is 31.2 Å². The Bertz CT molecular complexity index is 825. The molecule has 0 amide bonds. The first-order chi connectivity index (χ1) is 12.3. The van der Waals surface area contributed by atoms with Crippen LogP contribution in [0.1, 0.15) is 44.8 Å². The standard InChI is InChI=1S/C20H22O6/c1-18-8-14(11-4-6-24-9-11)26-16(21)13(18)3-5-19(2)15(18)7-12-10-25-17(22)20(12,19)23/h3-4,6,9,12,14-15,23H,5,7-8,10H2,1-2H3. The Morgan fingerprint density at radius 3 is 2.81 bits per heavy atom. The molecule has 6 unspecified atom stereocenters. The summed E-state index contributed by atoms with van der Waals surface area (Å²) in [5.41, 5.74) is -1.08. The molecule has 5 rings (SSSR count). The first kappa shape index (κ1) is 16.1. The number of esters is 2. The van der Waals surface area contributed by atoms with Gasteiger partial charge in [0, 0.05) is 27.9 Å². The van der Waals surface area contributed by atoms with Crippen LogP contribution in [-0.2, 0) is 19.1 Å². The molecule has 1 saturated carbocycles. The maximum Gasteiger partial charge on any atom is 0.339 e. The normalized spacial score (nSPS) is 46.7. The molecule has 138 valence electrons. The average Bonchev–Trinajstić information content (AvgIpc) is 3.26. The summed E-state index contributed by atoms with van der Waals surface area (Å²) in [6.07, 6.45) is 6.41. The van der Waals surface area contributed by atoms with Gasteiger partial charge in [-0.25, -0.2) is 9.59 Å². The van der Waals surface area contributed by atoms with Gasteiger partial charge < -0.3 is 19.0 Å². The number of hydrogen-bond donors (Lipinski definition) is 1. The summed E-state index contributed by atoms with van der Waals surface area (Å²) in [5.74, 6) is -1.05. The molecule has 0 spiro atoms. The molecular weight excluding hydrogens is 336 g/mol. The number of allylic oxidation sites excluding steroid dienone is 1. The fourth-order valence-electron chi connectivity index (χ4n) is 6.15. The molecule has 0 bridgehead atoms. The van der Waals surface area contributed by atoms with E-state index in [0.717, 1.165) is 5.56 Å².